The number of primary amides is 1. The molecule has 0 heterocycles. The zero-order valence-corrected chi connectivity index (χ0v) is 19.0. The monoisotopic (exact) mass is 452 g/mol. The number of amides is 2. The van der Waals surface area contributed by atoms with Crippen LogP contribution in [0.1, 0.15) is 78.1 Å². The van der Waals surface area contributed by atoms with Gasteiger partial charge in [0, 0.05) is 31.6 Å². The molecule has 2 aliphatic carbocycles. The summed E-state index contributed by atoms with van der Waals surface area (Å²) >= 11 is 0. The molecule has 0 bridgehead atoms. The number of carboxylic acids is 2. The van der Waals surface area contributed by atoms with Crippen molar-refractivity contribution < 1.29 is 34.2 Å². The Kier molecular flexibility index (Phi) is 8.81. The summed E-state index contributed by atoms with van der Waals surface area (Å²) in [6.45, 7) is 4.30. The molecule has 0 aliphatic heterocycles. The Labute approximate surface area is 188 Å². The standard InChI is InChI=1S/C23H36N2O7/c1-13(3-9-20(28)25-17(22(31)32)7-8-19(24)27)15-5-6-16-14(4-10-21(29)30)18(26)11-12-23(15,16)2/h13-17H,3-12H2,1-2H3,(H2,24,27)(H,25,28)(H,29,30)(H,31,32)/t13-,14-,15+,16-,17-,23+/m0/s1. The van der Waals surface area contributed by atoms with E-state index in [4.69, 9.17) is 10.8 Å². The molecule has 32 heavy (non-hydrogen) atoms. The van der Waals surface area contributed by atoms with Crippen molar-refractivity contribution in [2.75, 3.05) is 0 Å². The highest BCUT2D eigenvalue weighted by molar-refractivity contribution is 5.84. The molecule has 5 N–H and O–H groups in total. The van der Waals surface area contributed by atoms with Crippen LogP contribution in [0.25, 0.3) is 0 Å². The van der Waals surface area contributed by atoms with Crippen LogP contribution in [-0.4, -0.2) is 45.8 Å². The first-order chi connectivity index (χ1) is 15.0. The fourth-order valence-corrected chi connectivity index (χ4v) is 6.07. The average Bonchev–Trinajstić information content (AvgIpc) is 3.05. The lowest BCUT2D eigenvalue weighted by atomic mass is 9.58. The van der Waals surface area contributed by atoms with Crippen molar-refractivity contribution in [2.24, 2.45) is 34.8 Å². The Balaban J connectivity index is 1.94. The van der Waals surface area contributed by atoms with Crippen molar-refractivity contribution in [1.29, 1.82) is 0 Å². The van der Waals surface area contributed by atoms with Crippen LogP contribution in [0.3, 0.4) is 0 Å². The van der Waals surface area contributed by atoms with E-state index in [1.165, 1.54) is 0 Å². The fraction of sp³-hybridized carbons (Fsp3) is 0.783. The minimum atomic E-state index is -1.20. The third kappa shape index (κ3) is 6.29. The molecule has 0 spiro atoms. The number of Topliss-reactive ketones (excluding diaryl/α,β-unsaturated/α-hetero) is 1. The molecule has 9 nitrogen and oxygen atoms in total. The highest BCUT2D eigenvalue weighted by Gasteiger charge is 2.54. The number of nitrogens with one attached hydrogen (secondary N) is 1. The molecule has 2 rings (SSSR count). The van der Waals surface area contributed by atoms with E-state index in [0.717, 1.165) is 19.3 Å². The zero-order valence-electron chi connectivity index (χ0n) is 19.0. The molecule has 9 heteroatoms. The largest absolute Gasteiger partial charge is 0.481 e. The van der Waals surface area contributed by atoms with Crippen molar-refractivity contribution in [3.63, 3.8) is 0 Å². The zero-order chi connectivity index (χ0) is 24.1. The number of carbonyl (C=O) groups is 5. The van der Waals surface area contributed by atoms with Gasteiger partial charge in [0.15, 0.2) is 0 Å². The summed E-state index contributed by atoms with van der Waals surface area (Å²) in [6.07, 6.45) is 4.10. The highest BCUT2D eigenvalue weighted by atomic mass is 16.4. The van der Waals surface area contributed by atoms with Crippen molar-refractivity contribution in [1.82, 2.24) is 5.32 Å². The van der Waals surface area contributed by atoms with Gasteiger partial charge in [-0.25, -0.2) is 4.79 Å². The number of nitrogens with two attached hydrogens (primary N) is 1. The summed E-state index contributed by atoms with van der Waals surface area (Å²) in [6, 6.07) is -1.14. The SMILES string of the molecule is C[C@@H](CCC(=O)N[C@@H](CCC(N)=O)C(=O)O)[C@H]1CC[C@H]2[C@H](CCC(=O)O)C(=O)CC[C@]12C. The summed E-state index contributed by atoms with van der Waals surface area (Å²) in [5.41, 5.74) is 5.01. The van der Waals surface area contributed by atoms with Crippen LogP contribution in [-0.2, 0) is 24.0 Å². The quantitative estimate of drug-likeness (QED) is 0.352. The van der Waals surface area contributed by atoms with Gasteiger partial charge >= 0.3 is 11.9 Å². The third-order valence-corrected chi connectivity index (χ3v) is 7.79. The average molecular weight is 453 g/mol. The van der Waals surface area contributed by atoms with Gasteiger partial charge in [0.2, 0.25) is 11.8 Å². The normalized spacial score (nSPS) is 29.1. The summed E-state index contributed by atoms with van der Waals surface area (Å²) in [4.78, 5) is 58.1. The molecule has 0 saturated heterocycles. The van der Waals surface area contributed by atoms with Gasteiger partial charge in [-0.3, -0.25) is 19.2 Å². The van der Waals surface area contributed by atoms with Gasteiger partial charge in [0.25, 0.3) is 0 Å². The van der Waals surface area contributed by atoms with Gasteiger partial charge in [-0.05, 0) is 61.7 Å². The smallest absolute Gasteiger partial charge is 0.326 e. The first-order valence-corrected chi connectivity index (χ1v) is 11.5. The summed E-state index contributed by atoms with van der Waals surface area (Å²) in [5, 5.41) is 20.8. The van der Waals surface area contributed by atoms with Gasteiger partial charge < -0.3 is 21.3 Å². The van der Waals surface area contributed by atoms with Crippen LogP contribution >= 0.6 is 0 Å². The maximum absolute atomic E-state index is 12.5. The Morgan fingerprint density at radius 3 is 2.41 bits per heavy atom. The Bertz CT molecular complexity index is 753. The number of aliphatic carboxylic acids is 2. The number of ketones is 1. The van der Waals surface area contributed by atoms with Crippen LogP contribution in [0, 0.1) is 29.1 Å². The van der Waals surface area contributed by atoms with Crippen LogP contribution in [0.2, 0.25) is 0 Å². The summed E-state index contributed by atoms with van der Waals surface area (Å²) < 4.78 is 0. The van der Waals surface area contributed by atoms with Crippen molar-refractivity contribution in [3.05, 3.63) is 0 Å². The van der Waals surface area contributed by atoms with Crippen molar-refractivity contribution in [3.8, 4) is 0 Å². The van der Waals surface area contributed by atoms with Gasteiger partial charge in [0.05, 0.1) is 0 Å². The van der Waals surface area contributed by atoms with Gasteiger partial charge in [-0.2, -0.15) is 0 Å². The molecule has 6 atom stereocenters. The van der Waals surface area contributed by atoms with E-state index in [2.05, 4.69) is 19.2 Å². The molecule has 2 saturated carbocycles. The van der Waals surface area contributed by atoms with Crippen LogP contribution in [0.15, 0.2) is 0 Å². The second-order valence-corrected chi connectivity index (χ2v) is 9.78. The van der Waals surface area contributed by atoms with Crippen LogP contribution < -0.4 is 11.1 Å². The van der Waals surface area contributed by atoms with E-state index in [9.17, 15) is 29.1 Å². The Morgan fingerprint density at radius 2 is 1.81 bits per heavy atom. The molecular formula is C23H36N2O7. The molecule has 0 aromatic heterocycles. The molecule has 2 fully saturated rings. The molecule has 2 amide bonds. The van der Waals surface area contributed by atoms with E-state index < -0.39 is 23.9 Å². The summed E-state index contributed by atoms with van der Waals surface area (Å²) in [5.74, 6) is -2.38. The summed E-state index contributed by atoms with van der Waals surface area (Å²) in [7, 11) is 0. The molecule has 0 aromatic carbocycles. The lowest BCUT2D eigenvalue weighted by Crippen LogP contribution is -2.43. The Hall–Kier alpha value is -2.45. The number of carbonyl (C=O) groups excluding carboxylic acids is 3. The minimum absolute atomic E-state index is 0.00384. The fourth-order valence-electron chi connectivity index (χ4n) is 6.07. The number of rotatable bonds is 12. The van der Waals surface area contributed by atoms with E-state index in [-0.39, 0.29) is 60.5 Å². The van der Waals surface area contributed by atoms with E-state index in [0.29, 0.717) is 25.2 Å². The number of hydrogen-bond donors (Lipinski definition) is 4. The topological polar surface area (TPSA) is 164 Å². The number of carboxylic acid groups (broad SMARTS) is 2. The second-order valence-electron chi connectivity index (χ2n) is 9.78. The lowest BCUT2D eigenvalue weighted by Gasteiger charge is -2.46. The predicted molar refractivity (Wildman–Crippen MR) is 115 cm³/mol. The van der Waals surface area contributed by atoms with Gasteiger partial charge in [0.1, 0.15) is 11.8 Å². The highest BCUT2D eigenvalue weighted by Crippen LogP contribution is 2.59. The maximum atomic E-state index is 12.5. The lowest BCUT2D eigenvalue weighted by molar-refractivity contribution is -0.142. The first kappa shape index (κ1) is 25.8. The van der Waals surface area contributed by atoms with Gasteiger partial charge in [-0.1, -0.05) is 13.8 Å². The first-order valence-electron chi connectivity index (χ1n) is 11.5. The Morgan fingerprint density at radius 1 is 1.12 bits per heavy atom. The van der Waals surface area contributed by atoms with Crippen LogP contribution in [0.5, 0.6) is 0 Å². The molecule has 0 aromatic rings. The minimum Gasteiger partial charge on any atom is -0.481 e. The predicted octanol–water partition coefficient (Wildman–Crippen LogP) is 2.11. The van der Waals surface area contributed by atoms with E-state index in [1.54, 1.807) is 0 Å². The van der Waals surface area contributed by atoms with E-state index in [1.807, 2.05) is 0 Å². The molecular weight excluding hydrogens is 416 g/mol. The molecule has 180 valence electrons. The number of hydrogen-bond acceptors (Lipinski definition) is 5. The molecule has 2 aliphatic rings. The number of fused-ring (bicyclic) bond motifs is 1. The molecule has 0 radical (unpaired) electrons. The maximum Gasteiger partial charge on any atom is 0.326 e. The molecule has 0 unspecified atom stereocenters. The van der Waals surface area contributed by atoms with Crippen molar-refractivity contribution >= 4 is 29.5 Å². The van der Waals surface area contributed by atoms with E-state index >= 15 is 0 Å². The van der Waals surface area contributed by atoms with Crippen molar-refractivity contribution in [2.45, 2.75) is 84.1 Å². The second kappa shape index (κ2) is 10.9. The third-order valence-electron chi connectivity index (χ3n) is 7.79. The van der Waals surface area contributed by atoms with Gasteiger partial charge in [-0.15, -0.1) is 0 Å². The van der Waals surface area contributed by atoms with Crippen LogP contribution in [0.4, 0.5) is 0 Å².